The second kappa shape index (κ2) is 11.8. The number of thioether (sulfide) groups is 1. The molecular formula is C25H27N5O2S2. The number of nitriles is 2. The van der Waals surface area contributed by atoms with Crippen LogP contribution in [-0.2, 0) is 17.8 Å². The van der Waals surface area contributed by atoms with Crippen molar-refractivity contribution in [2.45, 2.75) is 51.7 Å². The molecular weight excluding hydrogens is 466 g/mol. The molecule has 0 saturated carbocycles. The summed E-state index contributed by atoms with van der Waals surface area (Å²) in [4.78, 5) is 34.6. The number of aryl methyl sites for hydroxylation is 3. The van der Waals surface area contributed by atoms with Crippen LogP contribution in [0.25, 0.3) is 10.2 Å². The molecule has 0 spiro atoms. The maximum atomic E-state index is 13.6. The molecule has 3 aromatic rings. The molecule has 34 heavy (non-hydrogen) atoms. The van der Waals surface area contributed by atoms with Crippen molar-refractivity contribution >= 4 is 39.2 Å². The molecule has 0 atom stereocenters. The number of aromatic nitrogens is 2. The summed E-state index contributed by atoms with van der Waals surface area (Å²) in [7, 11) is 0. The molecule has 0 fully saturated rings. The van der Waals surface area contributed by atoms with Gasteiger partial charge in [-0.05, 0) is 31.4 Å². The minimum Gasteiger partial charge on any atom is -0.340 e. The van der Waals surface area contributed by atoms with Crippen molar-refractivity contribution in [1.82, 2.24) is 14.5 Å². The minimum absolute atomic E-state index is 0.0771. The van der Waals surface area contributed by atoms with Gasteiger partial charge in [0.2, 0.25) is 5.91 Å². The van der Waals surface area contributed by atoms with Crippen LogP contribution in [0, 0.1) is 36.5 Å². The normalized spacial score (nSPS) is 10.7. The highest BCUT2D eigenvalue weighted by Crippen LogP contribution is 2.30. The van der Waals surface area contributed by atoms with Gasteiger partial charge in [0.25, 0.3) is 5.56 Å². The van der Waals surface area contributed by atoms with Gasteiger partial charge in [-0.1, -0.05) is 48.5 Å². The molecule has 1 amide bonds. The SMILES string of the molecule is CCc1sc2nc(SCC(=O)N(CCC#N)CCC#N)n(Cc3ccc(C)cc3)c(=O)c2c1C. The van der Waals surface area contributed by atoms with E-state index in [4.69, 9.17) is 15.5 Å². The van der Waals surface area contributed by atoms with Crippen LogP contribution in [0.5, 0.6) is 0 Å². The predicted molar refractivity (Wildman–Crippen MR) is 136 cm³/mol. The molecule has 9 heteroatoms. The van der Waals surface area contributed by atoms with E-state index in [0.717, 1.165) is 28.0 Å². The van der Waals surface area contributed by atoms with Crippen LogP contribution in [0.2, 0.25) is 0 Å². The second-order valence-electron chi connectivity index (χ2n) is 7.94. The van der Waals surface area contributed by atoms with Crippen LogP contribution in [0.3, 0.4) is 0 Å². The van der Waals surface area contributed by atoms with E-state index < -0.39 is 0 Å². The fourth-order valence-corrected chi connectivity index (χ4v) is 5.71. The Kier molecular flexibility index (Phi) is 8.86. The quantitative estimate of drug-likeness (QED) is 0.306. The lowest BCUT2D eigenvalue weighted by molar-refractivity contribution is -0.128. The Morgan fingerprint density at radius 2 is 1.79 bits per heavy atom. The average molecular weight is 494 g/mol. The van der Waals surface area contributed by atoms with Crippen LogP contribution in [0.1, 0.15) is 41.3 Å². The Morgan fingerprint density at radius 1 is 1.15 bits per heavy atom. The lowest BCUT2D eigenvalue weighted by Crippen LogP contribution is -2.34. The number of amides is 1. The molecule has 176 valence electrons. The molecule has 2 heterocycles. The van der Waals surface area contributed by atoms with Gasteiger partial charge >= 0.3 is 0 Å². The summed E-state index contributed by atoms with van der Waals surface area (Å²) in [6.07, 6.45) is 1.24. The maximum Gasteiger partial charge on any atom is 0.263 e. The number of thiophene rings is 1. The molecule has 3 rings (SSSR count). The van der Waals surface area contributed by atoms with Crippen molar-refractivity contribution in [3.8, 4) is 12.1 Å². The molecule has 0 unspecified atom stereocenters. The van der Waals surface area contributed by atoms with Gasteiger partial charge in [-0.3, -0.25) is 14.2 Å². The average Bonchev–Trinajstić information content (AvgIpc) is 3.16. The summed E-state index contributed by atoms with van der Waals surface area (Å²) in [5.41, 5.74) is 3.00. The van der Waals surface area contributed by atoms with Crippen molar-refractivity contribution in [2.75, 3.05) is 18.8 Å². The highest BCUT2D eigenvalue weighted by molar-refractivity contribution is 7.99. The first-order valence-corrected chi connectivity index (χ1v) is 12.9. The molecule has 1 aromatic carbocycles. The monoisotopic (exact) mass is 493 g/mol. The third-order valence-electron chi connectivity index (χ3n) is 5.56. The minimum atomic E-state index is -0.177. The first kappa shape index (κ1) is 25.5. The Bertz CT molecular complexity index is 1290. The molecule has 0 aliphatic heterocycles. The predicted octanol–water partition coefficient (Wildman–Crippen LogP) is 4.43. The van der Waals surface area contributed by atoms with Gasteiger partial charge in [0.15, 0.2) is 5.16 Å². The number of fused-ring (bicyclic) bond motifs is 1. The van der Waals surface area contributed by atoms with E-state index in [9.17, 15) is 9.59 Å². The van der Waals surface area contributed by atoms with E-state index in [-0.39, 0.29) is 43.2 Å². The standard InChI is InChI=1S/C25H27N5O2S2/c1-4-20-18(3)22-23(34-20)28-25(30(24(22)32)15-19-9-7-17(2)8-10-19)33-16-21(31)29(13-5-11-26)14-6-12-27/h7-10H,4-6,13-16H2,1-3H3. The van der Waals surface area contributed by atoms with Gasteiger partial charge in [-0.15, -0.1) is 11.3 Å². The molecule has 0 aliphatic carbocycles. The van der Waals surface area contributed by atoms with Crippen LogP contribution < -0.4 is 5.56 Å². The largest absolute Gasteiger partial charge is 0.340 e. The van der Waals surface area contributed by atoms with E-state index >= 15 is 0 Å². The Balaban J connectivity index is 1.96. The highest BCUT2D eigenvalue weighted by Gasteiger charge is 2.20. The summed E-state index contributed by atoms with van der Waals surface area (Å²) < 4.78 is 1.65. The number of benzene rings is 1. The van der Waals surface area contributed by atoms with Crippen molar-refractivity contribution in [3.05, 3.63) is 56.2 Å². The van der Waals surface area contributed by atoms with E-state index in [1.807, 2.05) is 50.3 Å². The van der Waals surface area contributed by atoms with E-state index in [1.165, 1.54) is 28.0 Å². The van der Waals surface area contributed by atoms with Crippen LogP contribution in [-0.4, -0.2) is 39.2 Å². The zero-order valence-electron chi connectivity index (χ0n) is 19.6. The number of nitrogens with zero attached hydrogens (tertiary/aromatic N) is 5. The zero-order chi connectivity index (χ0) is 24.7. The second-order valence-corrected chi connectivity index (χ2v) is 9.97. The number of hydrogen-bond acceptors (Lipinski definition) is 7. The molecule has 0 N–H and O–H groups in total. The van der Waals surface area contributed by atoms with E-state index in [0.29, 0.717) is 21.9 Å². The van der Waals surface area contributed by atoms with Gasteiger partial charge in [0.05, 0.1) is 42.7 Å². The van der Waals surface area contributed by atoms with Crippen molar-refractivity contribution < 1.29 is 4.79 Å². The van der Waals surface area contributed by atoms with Crippen LogP contribution in [0.15, 0.2) is 34.2 Å². The third kappa shape index (κ3) is 5.85. The number of carbonyl (C=O) groups is 1. The Hall–Kier alpha value is -3.14. The summed E-state index contributed by atoms with van der Waals surface area (Å²) in [6, 6.07) is 12.1. The number of rotatable bonds is 10. The van der Waals surface area contributed by atoms with Gasteiger partial charge in [-0.25, -0.2) is 4.98 Å². The van der Waals surface area contributed by atoms with Crippen molar-refractivity contribution in [1.29, 1.82) is 10.5 Å². The molecule has 0 bridgehead atoms. The van der Waals surface area contributed by atoms with E-state index in [2.05, 4.69) is 6.92 Å². The molecule has 2 aromatic heterocycles. The summed E-state index contributed by atoms with van der Waals surface area (Å²) in [5, 5.41) is 18.9. The Morgan fingerprint density at radius 3 is 2.38 bits per heavy atom. The first-order chi connectivity index (χ1) is 16.4. The molecule has 7 nitrogen and oxygen atoms in total. The molecule has 0 radical (unpaired) electrons. The number of hydrogen-bond donors (Lipinski definition) is 0. The van der Waals surface area contributed by atoms with Gasteiger partial charge in [0.1, 0.15) is 4.83 Å². The Labute approximate surface area is 207 Å². The zero-order valence-corrected chi connectivity index (χ0v) is 21.3. The fraction of sp³-hybridized carbons (Fsp3) is 0.400. The van der Waals surface area contributed by atoms with Crippen molar-refractivity contribution in [3.63, 3.8) is 0 Å². The summed E-state index contributed by atoms with van der Waals surface area (Å²) >= 11 is 2.75. The summed E-state index contributed by atoms with van der Waals surface area (Å²) in [6.45, 7) is 6.97. The molecule has 0 saturated heterocycles. The third-order valence-corrected chi connectivity index (χ3v) is 7.85. The van der Waals surface area contributed by atoms with Crippen LogP contribution >= 0.6 is 23.1 Å². The smallest absolute Gasteiger partial charge is 0.263 e. The maximum absolute atomic E-state index is 13.6. The van der Waals surface area contributed by atoms with Crippen LogP contribution in [0.4, 0.5) is 0 Å². The van der Waals surface area contributed by atoms with Gasteiger partial charge in [-0.2, -0.15) is 10.5 Å². The first-order valence-electron chi connectivity index (χ1n) is 11.1. The van der Waals surface area contributed by atoms with Crippen molar-refractivity contribution in [2.24, 2.45) is 0 Å². The molecule has 0 aliphatic rings. The summed E-state index contributed by atoms with van der Waals surface area (Å²) in [5.74, 6) is -0.100. The van der Waals surface area contributed by atoms with Gasteiger partial charge < -0.3 is 4.90 Å². The van der Waals surface area contributed by atoms with E-state index in [1.54, 1.807) is 4.57 Å². The topological polar surface area (TPSA) is 103 Å². The number of carbonyl (C=O) groups excluding carboxylic acids is 1. The van der Waals surface area contributed by atoms with Gasteiger partial charge in [0, 0.05) is 18.0 Å². The highest BCUT2D eigenvalue weighted by atomic mass is 32.2. The lowest BCUT2D eigenvalue weighted by atomic mass is 10.1. The fourth-order valence-electron chi connectivity index (χ4n) is 3.66. The lowest BCUT2D eigenvalue weighted by Gasteiger charge is -2.20.